The summed E-state index contributed by atoms with van der Waals surface area (Å²) in [5.74, 6) is 1.05. The molecule has 4 N–H and O–H groups in total. The van der Waals surface area contributed by atoms with Crippen LogP contribution >= 0.6 is 0 Å². The minimum Gasteiger partial charge on any atom is -0.358 e. The van der Waals surface area contributed by atoms with E-state index in [2.05, 4.69) is 41.8 Å². The average Bonchev–Trinajstić information content (AvgIpc) is 3.62. The zero-order chi connectivity index (χ0) is 26.7. The molecule has 0 amide bonds. The molecule has 0 unspecified atom stereocenters. The van der Waals surface area contributed by atoms with E-state index >= 15 is 0 Å². The number of hydrogen-bond donors (Lipinski definition) is 3. The van der Waals surface area contributed by atoms with Gasteiger partial charge in [0.1, 0.15) is 12.2 Å². The van der Waals surface area contributed by atoms with Crippen molar-refractivity contribution in [2.24, 2.45) is 10.7 Å². The molecule has 0 radical (unpaired) electrons. The van der Waals surface area contributed by atoms with Gasteiger partial charge in [0.25, 0.3) is 0 Å². The lowest BCUT2D eigenvalue weighted by Crippen LogP contribution is -2.49. The van der Waals surface area contributed by atoms with Crippen LogP contribution in [0.3, 0.4) is 0 Å². The van der Waals surface area contributed by atoms with Gasteiger partial charge in [0.05, 0.1) is 17.4 Å². The van der Waals surface area contributed by atoms with Gasteiger partial charge in [-0.1, -0.05) is 12.1 Å². The molecule has 38 heavy (non-hydrogen) atoms. The zero-order valence-electron chi connectivity index (χ0n) is 21.5. The number of nitrogens with two attached hydrogens (primary N) is 1. The second-order valence-corrected chi connectivity index (χ2v) is 9.42. The van der Waals surface area contributed by atoms with Gasteiger partial charge in [-0.05, 0) is 37.6 Å². The molecule has 10 nitrogen and oxygen atoms in total. The van der Waals surface area contributed by atoms with E-state index in [0.717, 1.165) is 46.7 Å². The van der Waals surface area contributed by atoms with Crippen LogP contribution in [-0.4, -0.2) is 68.0 Å². The number of amidine groups is 1. The van der Waals surface area contributed by atoms with Gasteiger partial charge >= 0.3 is 0 Å². The first-order chi connectivity index (χ1) is 18.4. The van der Waals surface area contributed by atoms with Crippen LogP contribution in [0.2, 0.25) is 0 Å². The SMILES string of the molecule is CCn1cc(-c2c[nH]c(/C(=N\C=N)N3CCN(c4ncc([C@@](C)(N)c5ccc(F)cc5)cn4)CC3)c2)cn1. The van der Waals surface area contributed by atoms with Crippen LogP contribution in [0, 0.1) is 11.2 Å². The highest BCUT2D eigenvalue weighted by atomic mass is 19.1. The number of aryl methyl sites for hydroxylation is 1. The number of aromatic amines is 1. The van der Waals surface area contributed by atoms with Gasteiger partial charge in [-0.15, -0.1) is 0 Å². The van der Waals surface area contributed by atoms with E-state index < -0.39 is 5.54 Å². The van der Waals surface area contributed by atoms with Crippen molar-refractivity contribution in [3.05, 3.63) is 84.0 Å². The van der Waals surface area contributed by atoms with Gasteiger partial charge in [-0.25, -0.2) is 19.4 Å². The van der Waals surface area contributed by atoms with Crippen molar-refractivity contribution in [2.45, 2.75) is 25.9 Å². The summed E-state index contributed by atoms with van der Waals surface area (Å²) in [6.45, 7) is 7.53. The quantitative estimate of drug-likeness (QED) is 0.257. The first-order valence-corrected chi connectivity index (χ1v) is 12.5. The van der Waals surface area contributed by atoms with E-state index in [1.807, 2.05) is 36.3 Å². The lowest BCUT2D eigenvalue weighted by molar-refractivity contribution is 0.383. The monoisotopic (exact) mass is 514 g/mol. The molecule has 0 saturated carbocycles. The van der Waals surface area contributed by atoms with Gasteiger partial charge in [0.15, 0.2) is 5.84 Å². The van der Waals surface area contributed by atoms with Crippen LogP contribution in [0.1, 0.15) is 30.7 Å². The summed E-state index contributed by atoms with van der Waals surface area (Å²) in [6.07, 6.45) is 10.3. The molecule has 5 rings (SSSR count). The van der Waals surface area contributed by atoms with Crippen molar-refractivity contribution < 1.29 is 4.39 Å². The Morgan fingerprint density at radius 1 is 1.11 bits per heavy atom. The Morgan fingerprint density at radius 3 is 2.45 bits per heavy atom. The normalized spacial score (nSPS) is 15.9. The van der Waals surface area contributed by atoms with E-state index in [1.165, 1.54) is 12.1 Å². The third-order valence-electron chi connectivity index (χ3n) is 6.95. The van der Waals surface area contributed by atoms with Crippen molar-refractivity contribution in [1.82, 2.24) is 29.6 Å². The molecule has 1 atom stereocenters. The number of nitrogens with one attached hydrogen (secondary N) is 2. The van der Waals surface area contributed by atoms with Crippen LogP contribution in [0.5, 0.6) is 0 Å². The topological polar surface area (TPSA) is 128 Å². The van der Waals surface area contributed by atoms with Crippen molar-refractivity contribution >= 4 is 18.1 Å². The van der Waals surface area contributed by atoms with Gasteiger partial charge in [0.2, 0.25) is 5.95 Å². The van der Waals surface area contributed by atoms with Gasteiger partial charge in [-0.2, -0.15) is 5.10 Å². The molecule has 4 heterocycles. The van der Waals surface area contributed by atoms with E-state index in [4.69, 9.17) is 11.1 Å². The summed E-state index contributed by atoms with van der Waals surface area (Å²) in [5, 5.41) is 11.9. The third kappa shape index (κ3) is 5.05. The maximum atomic E-state index is 13.3. The number of anilines is 1. The Kier molecular flexibility index (Phi) is 7.01. The molecule has 0 bridgehead atoms. The molecule has 4 aromatic rings. The number of hydrogen-bond acceptors (Lipinski definition) is 6. The van der Waals surface area contributed by atoms with Crippen LogP contribution in [0.4, 0.5) is 10.3 Å². The van der Waals surface area contributed by atoms with Crippen molar-refractivity contribution in [3.63, 3.8) is 0 Å². The Hall–Kier alpha value is -4.38. The van der Waals surface area contributed by atoms with Gasteiger partial charge in [0, 0.05) is 74.2 Å². The number of nitrogens with zero attached hydrogens (tertiary/aromatic N) is 7. The Balaban J connectivity index is 1.26. The molecule has 1 fully saturated rings. The van der Waals surface area contributed by atoms with E-state index in [-0.39, 0.29) is 5.82 Å². The maximum absolute atomic E-state index is 13.3. The molecular formula is C27H31FN10. The summed E-state index contributed by atoms with van der Waals surface area (Å²) in [4.78, 5) is 21.1. The summed E-state index contributed by atoms with van der Waals surface area (Å²) in [5.41, 5.74) is 10.2. The molecule has 11 heteroatoms. The smallest absolute Gasteiger partial charge is 0.225 e. The second kappa shape index (κ2) is 10.5. The highest BCUT2D eigenvalue weighted by Crippen LogP contribution is 2.27. The van der Waals surface area contributed by atoms with Crippen LogP contribution in [0.15, 0.2) is 66.3 Å². The summed E-state index contributed by atoms with van der Waals surface area (Å²) < 4.78 is 15.2. The fourth-order valence-corrected chi connectivity index (χ4v) is 4.59. The molecule has 196 valence electrons. The zero-order valence-corrected chi connectivity index (χ0v) is 21.5. The average molecular weight is 515 g/mol. The number of benzene rings is 1. The number of H-pyrrole nitrogens is 1. The second-order valence-electron chi connectivity index (χ2n) is 9.42. The molecule has 1 aliphatic heterocycles. The molecule has 0 aliphatic carbocycles. The predicted octanol–water partition coefficient (Wildman–Crippen LogP) is 3.23. The van der Waals surface area contributed by atoms with Gasteiger partial charge < -0.3 is 20.5 Å². The van der Waals surface area contributed by atoms with Gasteiger partial charge in [-0.3, -0.25) is 10.1 Å². The Morgan fingerprint density at radius 2 is 1.82 bits per heavy atom. The minimum atomic E-state index is -0.840. The standard InChI is InChI=1S/C27H31FN10/c1-3-38-17-20(14-35-38)19-12-24(31-13-19)25(34-18-29)36-8-10-37(11-9-36)26-32-15-22(16-33-26)27(2,30)21-4-6-23(28)7-5-21/h4-7,12-18,29,31H,3,8-11,30H2,1-2H3/b29-18?,34-25+/t27-/m0/s1. The first kappa shape index (κ1) is 25.3. The molecule has 1 saturated heterocycles. The molecule has 0 spiro atoms. The van der Waals surface area contributed by atoms with Crippen molar-refractivity contribution in [2.75, 3.05) is 31.1 Å². The number of rotatable bonds is 7. The Bertz CT molecular complexity index is 1410. The summed E-state index contributed by atoms with van der Waals surface area (Å²) >= 11 is 0. The van der Waals surface area contributed by atoms with Crippen LogP contribution < -0.4 is 10.6 Å². The number of halogens is 1. The number of aliphatic imine (C=N–C) groups is 1. The fraction of sp³-hybridized carbons (Fsp3) is 0.296. The minimum absolute atomic E-state index is 0.301. The summed E-state index contributed by atoms with van der Waals surface area (Å²) in [7, 11) is 0. The van der Waals surface area contributed by atoms with E-state index in [0.29, 0.717) is 32.1 Å². The number of piperazine rings is 1. The first-order valence-electron chi connectivity index (χ1n) is 12.5. The van der Waals surface area contributed by atoms with Crippen LogP contribution in [-0.2, 0) is 12.1 Å². The molecule has 3 aromatic heterocycles. The fourth-order valence-electron chi connectivity index (χ4n) is 4.59. The summed E-state index contributed by atoms with van der Waals surface area (Å²) in [6, 6.07) is 8.21. The highest BCUT2D eigenvalue weighted by molar-refractivity contribution is 6.01. The van der Waals surface area contributed by atoms with Crippen molar-refractivity contribution in [1.29, 1.82) is 5.41 Å². The van der Waals surface area contributed by atoms with Crippen molar-refractivity contribution in [3.8, 4) is 11.1 Å². The predicted molar refractivity (Wildman–Crippen MR) is 146 cm³/mol. The highest BCUT2D eigenvalue weighted by Gasteiger charge is 2.27. The maximum Gasteiger partial charge on any atom is 0.225 e. The third-order valence-corrected chi connectivity index (χ3v) is 6.95. The number of aromatic nitrogens is 5. The largest absolute Gasteiger partial charge is 0.358 e. The molecule has 1 aromatic carbocycles. The molecule has 1 aliphatic rings. The van der Waals surface area contributed by atoms with E-state index in [9.17, 15) is 4.39 Å². The van der Waals surface area contributed by atoms with E-state index in [1.54, 1.807) is 24.5 Å². The van der Waals surface area contributed by atoms with Crippen LogP contribution in [0.25, 0.3) is 11.1 Å². The lowest BCUT2D eigenvalue weighted by atomic mass is 9.87. The Labute approximate surface area is 220 Å². The molecular weight excluding hydrogens is 483 g/mol. The lowest BCUT2D eigenvalue weighted by Gasteiger charge is -2.36.